The molecule has 4 rings (SSSR count). The first-order valence-electron chi connectivity index (χ1n) is 13.4. The summed E-state index contributed by atoms with van der Waals surface area (Å²) >= 11 is 0. The molecule has 2 aliphatic carbocycles. The van der Waals surface area contributed by atoms with Gasteiger partial charge in [-0.1, -0.05) is 51.8 Å². The number of amides is 2. The molecule has 2 fully saturated rings. The minimum atomic E-state index is -0.822. The lowest BCUT2D eigenvalue weighted by Gasteiger charge is -2.44. The van der Waals surface area contributed by atoms with E-state index in [0.717, 1.165) is 50.7 Å². The molecule has 3 atom stereocenters. The van der Waals surface area contributed by atoms with Crippen LogP contribution in [0.1, 0.15) is 84.1 Å². The summed E-state index contributed by atoms with van der Waals surface area (Å²) in [6.07, 6.45) is 10.5. The Morgan fingerprint density at radius 1 is 1.09 bits per heavy atom. The van der Waals surface area contributed by atoms with Crippen LogP contribution in [-0.4, -0.2) is 47.2 Å². The van der Waals surface area contributed by atoms with Crippen LogP contribution in [0.25, 0.3) is 5.57 Å². The van der Waals surface area contributed by atoms with Crippen molar-refractivity contribution in [2.75, 3.05) is 13.2 Å². The minimum absolute atomic E-state index is 0.00652. The normalized spacial score (nSPS) is 25.7. The SMILES string of the molecule is CC(C)(C)C1CC(COc2ccc(C3=CCC(C(=O)NC4CCCC4)CC3)cc2)CCN1C(=O)O. The van der Waals surface area contributed by atoms with Gasteiger partial charge in [-0.2, -0.15) is 0 Å². The summed E-state index contributed by atoms with van der Waals surface area (Å²) in [5.41, 5.74) is 2.42. The molecule has 35 heavy (non-hydrogen) atoms. The molecule has 0 aromatic heterocycles. The maximum Gasteiger partial charge on any atom is 0.407 e. The van der Waals surface area contributed by atoms with Crippen LogP contribution in [0.5, 0.6) is 5.75 Å². The van der Waals surface area contributed by atoms with Crippen LogP contribution >= 0.6 is 0 Å². The molecule has 1 saturated heterocycles. The lowest BCUT2D eigenvalue weighted by atomic mass is 9.77. The Labute approximate surface area is 210 Å². The van der Waals surface area contributed by atoms with E-state index in [1.807, 2.05) is 12.1 Å². The predicted molar refractivity (Wildman–Crippen MR) is 138 cm³/mol. The third-order valence-corrected chi connectivity index (χ3v) is 8.15. The summed E-state index contributed by atoms with van der Waals surface area (Å²) in [4.78, 5) is 25.8. The smallest absolute Gasteiger partial charge is 0.407 e. The molecule has 0 spiro atoms. The molecule has 1 aromatic carbocycles. The van der Waals surface area contributed by atoms with Gasteiger partial charge in [0.2, 0.25) is 5.91 Å². The van der Waals surface area contributed by atoms with Gasteiger partial charge in [0.05, 0.1) is 6.61 Å². The second-order valence-electron chi connectivity index (χ2n) is 11.8. The Morgan fingerprint density at radius 2 is 1.80 bits per heavy atom. The number of nitrogens with zero attached hydrogens (tertiary/aromatic N) is 1. The highest BCUT2D eigenvalue weighted by atomic mass is 16.5. The molecule has 1 aromatic rings. The van der Waals surface area contributed by atoms with E-state index >= 15 is 0 Å². The highest BCUT2D eigenvalue weighted by Crippen LogP contribution is 2.35. The van der Waals surface area contributed by atoms with Gasteiger partial charge in [-0.25, -0.2) is 4.79 Å². The lowest BCUT2D eigenvalue weighted by molar-refractivity contribution is -0.125. The Kier molecular flexibility index (Phi) is 8.08. The average molecular weight is 483 g/mol. The van der Waals surface area contributed by atoms with E-state index in [9.17, 15) is 14.7 Å². The van der Waals surface area contributed by atoms with Crippen LogP contribution in [0.15, 0.2) is 30.3 Å². The van der Waals surface area contributed by atoms with Gasteiger partial charge in [0.1, 0.15) is 5.75 Å². The number of carbonyl (C=O) groups is 2. The van der Waals surface area contributed by atoms with Crippen LogP contribution in [-0.2, 0) is 4.79 Å². The zero-order valence-corrected chi connectivity index (χ0v) is 21.6. The van der Waals surface area contributed by atoms with Gasteiger partial charge in [-0.15, -0.1) is 0 Å². The molecule has 2 N–H and O–H groups in total. The molecular weight excluding hydrogens is 440 g/mol. The van der Waals surface area contributed by atoms with Gasteiger partial charge in [-0.05, 0) is 79.5 Å². The standard InChI is InChI=1S/C29H42N2O4/c1-29(2,3)26-18-20(16-17-31(26)28(33)34)19-35-25-14-12-22(13-15-25)21-8-10-23(11-9-21)27(32)30-24-6-4-5-7-24/h8,12-15,20,23-24,26H,4-7,9-11,16-19H2,1-3H3,(H,30,32)(H,33,34). The molecule has 0 bridgehead atoms. The van der Waals surface area contributed by atoms with Crippen molar-refractivity contribution in [1.82, 2.24) is 10.2 Å². The van der Waals surface area contributed by atoms with Crippen molar-refractivity contribution < 1.29 is 19.4 Å². The van der Waals surface area contributed by atoms with Gasteiger partial charge >= 0.3 is 6.09 Å². The van der Waals surface area contributed by atoms with E-state index in [1.54, 1.807) is 4.90 Å². The number of carboxylic acid groups (broad SMARTS) is 1. The van der Waals surface area contributed by atoms with E-state index in [-0.39, 0.29) is 23.3 Å². The van der Waals surface area contributed by atoms with Gasteiger partial charge in [0.15, 0.2) is 0 Å². The largest absolute Gasteiger partial charge is 0.493 e. The Bertz CT molecular complexity index is 912. The second-order valence-corrected chi connectivity index (χ2v) is 11.8. The van der Waals surface area contributed by atoms with E-state index in [4.69, 9.17) is 4.74 Å². The molecule has 1 heterocycles. The molecule has 6 nitrogen and oxygen atoms in total. The van der Waals surface area contributed by atoms with Crippen molar-refractivity contribution >= 4 is 17.6 Å². The van der Waals surface area contributed by atoms with Crippen molar-refractivity contribution in [1.29, 1.82) is 0 Å². The summed E-state index contributed by atoms with van der Waals surface area (Å²) in [5, 5.41) is 12.8. The van der Waals surface area contributed by atoms with Gasteiger partial charge < -0.3 is 20.1 Å². The molecule has 0 radical (unpaired) electrons. The maximum absolute atomic E-state index is 12.6. The summed E-state index contributed by atoms with van der Waals surface area (Å²) in [7, 11) is 0. The number of hydrogen-bond donors (Lipinski definition) is 2. The molecule has 3 unspecified atom stereocenters. The van der Waals surface area contributed by atoms with Crippen LogP contribution in [0.4, 0.5) is 4.79 Å². The summed E-state index contributed by atoms with van der Waals surface area (Å²) < 4.78 is 6.12. The van der Waals surface area contributed by atoms with Gasteiger partial charge in [0, 0.05) is 24.5 Å². The van der Waals surface area contributed by atoms with Crippen LogP contribution in [0.3, 0.4) is 0 Å². The van der Waals surface area contributed by atoms with Crippen molar-refractivity contribution in [3.05, 3.63) is 35.9 Å². The number of piperidine rings is 1. The van der Waals surface area contributed by atoms with E-state index < -0.39 is 6.09 Å². The van der Waals surface area contributed by atoms with Crippen molar-refractivity contribution in [3.63, 3.8) is 0 Å². The van der Waals surface area contributed by atoms with Crippen LogP contribution < -0.4 is 10.1 Å². The molecule has 1 aliphatic heterocycles. The number of allylic oxidation sites excluding steroid dienone is 2. The van der Waals surface area contributed by atoms with Crippen LogP contribution in [0, 0.1) is 17.3 Å². The number of hydrogen-bond acceptors (Lipinski definition) is 3. The highest BCUT2D eigenvalue weighted by molar-refractivity contribution is 5.81. The predicted octanol–water partition coefficient (Wildman–Crippen LogP) is 6.11. The Hall–Kier alpha value is -2.50. The van der Waals surface area contributed by atoms with E-state index in [2.05, 4.69) is 44.3 Å². The Morgan fingerprint density at radius 3 is 2.40 bits per heavy atom. The minimum Gasteiger partial charge on any atom is -0.493 e. The molecule has 2 amide bonds. The topological polar surface area (TPSA) is 78.9 Å². The first-order chi connectivity index (χ1) is 16.7. The third kappa shape index (κ3) is 6.59. The monoisotopic (exact) mass is 482 g/mol. The number of likely N-dealkylation sites (tertiary alicyclic amines) is 1. The van der Waals surface area contributed by atoms with Crippen LogP contribution in [0.2, 0.25) is 0 Å². The Balaban J connectivity index is 1.27. The summed E-state index contributed by atoms with van der Waals surface area (Å²) in [5.74, 6) is 1.54. The fourth-order valence-electron chi connectivity index (χ4n) is 5.94. The lowest BCUT2D eigenvalue weighted by Crippen LogP contribution is -2.52. The quantitative estimate of drug-likeness (QED) is 0.512. The number of ether oxygens (including phenoxy) is 1. The molecule has 3 aliphatic rings. The van der Waals surface area contributed by atoms with Crippen molar-refractivity contribution in [2.24, 2.45) is 17.3 Å². The zero-order valence-electron chi connectivity index (χ0n) is 21.6. The van der Waals surface area contributed by atoms with E-state index in [0.29, 0.717) is 25.1 Å². The second kappa shape index (κ2) is 11.0. The van der Waals surface area contributed by atoms with Gasteiger partial charge in [-0.3, -0.25) is 4.79 Å². The molecule has 1 saturated carbocycles. The zero-order chi connectivity index (χ0) is 25.0. The van der Waals surface area contributed by atoms with Crippen molar-refractivity contribution in [2.45, 2.75) is 90.6 Å². The fourth-order valence-corrected chi connectivity index (χ4v) is 5.94. The summed E-state index contributed by atoms with van der Waals surface area (Å²) in [6, 6.07) is 8.69. The fraction of sp³-hybridized carbons (Fsp3) is 0.655. The van der Waals surface area contributed by atoms with E-state index in [1.165, 1.54) is 24.0 Å². The number of carbonyl (C=O) groups excluding carboxylic acids is 1. The van der Waals surface area contributed by atoms with Gasteiger partial charge in [0.25, 0.3) is 0 Å². The molecular formula is C29H42N2O4. The number of benzene rings is 1. The highest BCUT2D eigenvalue weighted by Gasteiger charge is 2.38. The number of rotatable bonds is 6. The molecule has 6 heteroatoms. The maximum atomic E-state index is 12.6. The summed E-state index contributed by atoms with van der Waals surface area (Å²) in [6.45, 7) is 7.51. The average Bonchev–Trinajstić information content (AvgIpc) is 3.35. The first kappa shape index (κ1) is 25.6. The molecule has 192 valence electrons. The van der Waals surface area contributed by atoms with Crippen molar-refractivity contribution in [3.8, 4) is 5.75 Å². The number of nitrogens with one attached hydrogen (secondary N) is 1. The first-order valence-corrected chi connectivity index (χ1v) is 13.4. The third-order valence-electron chi connectivity index (χ3n) is 8.15.